The van der Waals surface area contributed by atoms with E-state index in [4.69, 9.17) is 9.47 Å². The van der Waals surface area contributed by atoms with Gasteiger partial charge in [0.15, 0.2) is 17.1 Å². The molecule has 152 valence electrons. The molecule has 2 aromatic heterocycles. The fourth-order valence-corrected chi connectivity index (χ4v) is 4.53. The summed E-state index contributed by atoms with van der Waals surface area (Å²) in [5, 5.41) is 7.91. The van der Waals surface area contributed by atoms with E-state index in [1.54, 1.807) is 20.4 Å². The third-order valence-electron chi connectivity index (χ3n) is 6.19. The summed E-state index contributed by atoms with van der Waals surface area (Å²) >= 11 is 0. The van der Waals surface area contributed by atoms with Crippen LogP contribution < -0.4 is 14.4 Å². The summed E-state index contributed by atoms with van der Waals surface area (Å²) in [6, 6.07) is 4.86. The highest BCUT2D eigenvalue weighted by molar-refractivity contribution is 5.73. The van der Waals surface area contributed by atoms with Crippen LogP contribution >= 0.6 is 0 Å². The average Bonchev–Trinajstić information content (AvgIpc) is 3.25. The number of hydrogen-bond acceptors (Lipinski definition) is 7. The molecule has 2 aliphatic heterocycles. The Morgan fingerprint density at radius 1 is 1.00 bits per heavy atom. The van der Waals surface area contributed by atoms with Gasteiger partial charge < -0.3 is 14.4 Å². The first-order valence-corrected chi connectivity index (χ1v) is 10.1. The first-order chi connectivity index (χ1) is 14.2. The van der Waals surface area contributed by atoms with Crippen LogP contribution in [-0.2, 0) is 13.0 Å². The van der Waals surface area contributed by atoms with Gasteiger partial charge in [-0.1, -0.05) is 0 Å². The number of nitrogens with zero attached hydrogens (tertiary/aromatic N) is 5. The van der Waals surface area contributed by atoms with Crippen molar-refractivity contribution >= 4 is 17.0 Å². The maximum atomic E-state index is 5.50. The number of H-pyrrole nitrogens is 1. The zero-order valence-corrected chi connectivity index (χ0v) is 16.9. The van der Waals surface area contributed by atoms with E-state index in [1.807, 2.05) is 6.20 Å². The monoisotopic (exact) mass is 394 g/mol. The summed E-state index contributed by atoms with van der Waals surface area (Å²) in [5.41, 5.74) is 3.52. The quantitative estimate of drug-likeness (QED) is 0.728. The van der Waals surface area contributed by atoms with Crippen LogP contribution in [0.15, 0.2) is 24.5 Å². The molecule has 3 aromatic rings. The lowest BCUT2D eigenvalue weighted by Crippen LogP contribution is -2.47. The van der Waals surface area contributed by atoms with Gasteiger partial charge in [0, 0.05) is 38.4 Å². The topological polar surface area (TPSA) is 79.4 Å². The fraction of sp³-hybridized carbons (Fsp3) is 0.476. The molecule has 1 fully saturated rings. The molecule has 0 aliphatic carbocycles. The zero-order chi connectivity index (χ0) is 19.8. The number of aromatic nitrogens is 4. The van der Waals surface area contributed by atoms with E-state index < -0.39 is 0 Å². The van der Waals surface area contributed by atoms with Gasteiger partial charge >= 0.3 is 0 Å². The number of anilines is 1. The molecule has 2 aliphatic rings. The summed E-state index contributed by atoms with van der Waals surface area (Å²) in [6.45, 7) is 4.00. The van der Waals surface area contributed by atoms with E-state index in [0.29, 0.717) is 6.04 Å². The molecule has 1 aromatic carbocycles. The van der Waals surface area contributed by atoms with E-state index in [0.717, 1.165) is 73.9 Å². The van der Waals surface area contributed by atoms with Gasteiger partial charge in [-0.15, -0.1) is 0 Å². The first kappa shape index (κ1) is 18.2. The van der Waals surface area contributed by atoms with Crippen LogP contribution in [0.25, 0.3) is 11.0 Å². The first-order valence-electron chi connectivity index (χ1n) is 10.1. The molecule has 29 heavy (non-hydrogen) atoms. The van der Waals surface area contributed by atoms with Crippen LogP contribution in [0.3, 0.4) is 0 Å². The Hall–Kier alpha value is -2.87. The fourth-order valence-electron chi connectivity index (χ4n) is 4.53. The molecule has 4 heterocycles. The maximum absolute atomic E-state index is 5.50. The van der Waals surface area contributed by atoms with Gasteiger partial charge in [-0.25, -0.2) is 4.98 Å². The molecule has 0 radical (unpaired) electrons. The minimum atomic E-state index is 0.586. The molecule has 0 spiro atoms. The van der Waals surface area contributed by atoms with Crippen molar-refractivity contribution < 1.29 is 9.47 Å². The van der Waals surface area contributed by atoms with Gasteiger partial charge in [0.1, 0.15) is 0 Å². The van der Waals surface area contributed by atoms with E-state index in [-0.39, 0.29) is 0 Å². The van der Waals surface area contributed by atoms with Crippen molar-refractivity contribution in [2.24, 2.45) is 0 Å². The van der Waals surface area contributed by atoms with Crippen LogP contribution in [0.4, 0.5) is 5.95 Å². The number of benzene rings is 1. The summed E-state index contributed by atoms with van der Waals surface area (Å²) in [6.07, 6.45) is 6.89. The molecule has 0 amide bonds. The number of piperidine rings is 1. The van der Waals surface area contributed by atoms with Crippen molar-refractivity contribution in [3.8, 4) is 11.5 Å². The minimum Gasteiger partial charge on any atom is -0.493 e. The normalized spacial score (nSPS) is 18.1. The molecule has 0 atom stereocenters. The molecule has 1 N–H and O–H groups in total. The van der Waals surface area contributed by atoms with Crippen LogP contribution in [0.2, 0.25) is 0 Å². The molecule has 1 saturated heterocycles. The Morgan fingerprint density at radius 3 is 2.52 bits per heavy atom. The number of nitrogens with one attached hydrogen (secondary N) is 1. The minimum absolute atomic E-state index is 0.586. The predicted molar refractivity (Wildman–Crippen MR) is 111 cm³/mol. The second kappa shape index (κ2) is 7.51. The second-order valence-electron chi connectivity index (χ2n) is 7.76. The summed E-state index contributed by atoms with van der Waals surface area (Å²) in [4.78, 5) is 14.0. The summed E-state index contributed by atoms with van der Waals surface area (Å²) < 4.78 is 11.0. The highest BCUT2D eigenvalue weighted by Gasteiger charge is 2.29. The maximum Gasteiger partial charge on any atom is 0.227 e. The number of fused-ring (bicyclic) bond motifs is 2. The van der Waals surface area contributed by atoms with Crippen LogP contribution in [0, 0.1) is 0 Å². The summed E-state index contributed by atoms with van der Waals surface area (Å²) in [5.74, 6) is 2.43. The van der Waals surface area contributed by atoms with Crippen molar-refractivity contribution in [2.75, 3.05) is 38.8 Å². The highest BCUT2D eigenvalue weighted by atomic mass is 16.5. The van der Waals surface area contributed by atoms with Crippen molar-refractivity contribution in [3.05, 3.63) is 35.7 Å². The molecular weight excluding hydrogens is 368 g/mol. The zero-order valence-electron chi connectivity index (χ0n) is 16.9. The highest BCUT2D eigenvalue weighted by Crippen LogP contribution is 2.34. The lowest BCUT2D eigenvalue weighted by molar-refractivity contribution is 0.152. The van der Waals surface area contributed by atoms with Gasteiger partial charge in [-0.05, 0) is 42.5 Å². The van der Waals surface area contributed by atoms with Gasteiger partial charge in [0.25, 0.3) is 0 Å². The lowest BCUT2D eigenvalue weighted by atomic mass is 9.95. The molecular formula is C21H26N6O2. The Labute approximate surface area is 169 Å². The van der Waals surface area contributed by atoms with Crippen LogP contribution in [-0.4, -0.2) is 65.0 Å². The third kappa shape index (κ3) is 3.37. The van der Waals surface area contributed by atoms with E-state index >= 15 is 0 Å². The number of ether oxygens (including phenoxy) is 2. The van der Waals surface area contributed by atoms with Gasteiger partial charge in [0.05, 0.1) is 25.8 Å². The van der Waals surface area contributed by atoms with Gasteiger partial charge in [0.2, 0.25) is 5.95 Å². The predicted octanol–water partition coefficient (Wildman–Crippen LogP) is 2.40. The van der Waals surface area contributed by atoms with Crippen molar-refractivity contribution in [1.29, 1.82) is 0 Å². The van der Waals surface area contributed by atoms with Crippen LogP contribution in [0.5, 0.6) is 11.5 Å². The van der Waals surface area contributed by atoms with E-state index in [9.17, 15) is 0 Å². The molecule has 0 bridgehead atoms. The van der Waals surface area contributed by atoms with Crippen LogP contribution in [0.1, 0.15) is 24.0 Å². The number of rotatable bonds is 4. The Bertz CT molecular complexity index is 1010. The van der Waals surface area contributed by atoms with Gasteiger partial charge in [-0.3, -0.25) is 10.00 Å². The van der Waals surface area contributed by atoms with Gasteiger partial charge in [-0.2, -0.15) is 10.1 Å². The average molecular weight is 394 g/mol. The molecule has 0 unspecified atom stereocenters. The smallest absolute Gasteiger partial charge is 0.227 e. The van der Waals surface area contributed by atoms with Crippen molar-refractivity contribution in [1.82, 2.24) is 25.1 Å². The molecule has 8 heteroatoms. The summed E-state index contributed by atoms with van der Waals surface area (Å²) in [7, 11) is 3.39. The van der Waals surface area contributed by atoms with E-state index in [2.05, 4.69) is 42.1 Å². The SMILES string of the molecule is COc1cc2c(cc1OC)CN(C1CCN(c3ncc4cn[nH]c4n3)CC1)CC2. The molecule has 0 saturated carbocycles. The number of hydrogen-bond donors (Lipinski definition) is 1. The standard InChI is InChI=1S/C21H26N6O2/c1-28-18-9-14-3-6-27(13-15(14)10-19(18)29-2)17-4-7-26(8-5-17)21-22-11-16-12-23-25-20(16)24-21/h9-12,17H,3-8,13H2,1-2H3,(H,22,23,24,25). The van der Waals surface area contributed by atoms with E-state index in [1.165, 1.54) is 11.1 Å². The van der Waals surface area contributed by atoms with Crippen molar-refractivity contribution in [2.45, 2.75) is 31.8 Å². The Morgan fingerprint density at radius 2 is 1.76 bits per heavy atom. The number of methoxy groups -OCH3 is 2. The van der Waals surface area contributed by atoms with Crippen molar-refractivity contribution in [3.63, 3.8) is 0 Å². The molecule has 8 nitrogen and oxygen atoms in total. The second-order valence-corrected chi connectivity index (χ2v) is 7.76. The number of aromatic amines is 1. The Balaban J connectivity index is 1.25. The Kier molecular flexibility index (Phi) is 4.71. The third-order valence-corrected chi connectivity index (χ3v) is 6.19. The largest absolute Gasteiger partial charge is 0.493 e. The molecule has 5 rings (SSSR count). The lowest BCUT2D eigenvalue weighted by Gasteiger charge is -2.40.